The molecule has 5 aliphatic heterocycles. The zero-order valence-electron chi connectivity index (χ0n) is 61.3. The first-order valence-electron chi connectivity index (χ1n) is 35.3. The van der Waals surface area contributed by atoms with Crippen molar-refractivity contribution in [3.05, 3.63) is 241 Å². The minimum absolute atomic E-state index is 0.104. The van der Waals surface area contributed by atoms with Crippen molar-refractivity contribution in [3.8, 4) is 184 Å². The summed E-state index contributed by atoms with van der Waals surface area (Å²) in [5.74, 6) is 71.9. The molecule has 8 aromatic carbocycles. The van der Waals surface area contributed by atoms with E-state index in [1.807, 2.05) is 248 Å². The van der Waals surface area contributed by atoms with Gasteiger partial charge < -0.3 is 19.6 Å². The van der Waals surface area contributed by atoms with Crippen LogP contribution in [0.3, 0.4) is 0 Å². The van der Waals surface area contributed by atoms with E-state index in [0.29, 0.717) is 25.3 Å². The smallest absolute Gasteiger partial charge is 0.320 e. The highest BCUT2D eigenvalue weighted by atomic mass is 16.2. The van der Waals surface area contributed by atoms with Gasteiger partial charge in [0.25, 0.3) is 0 Å². The van der Waals surface area contributed by atoms with E-state index >= 15 is 0 Å². The number of nitrogens with zero attached hydrogens (tertiary/aromatic N) is 12. The molecule has 0 aliphatic carbocycles. The fourth-order valence-electron chi connectivity index (χ4n) is 12.0. The summed E-state index contributed by atoms with van der Waals surface area (Å²) < 4.78 is 0. The van der Waals surface area contributed by atoms with Gasteiger partial charge in [0.15, 0.2) is 0 Å². The number of urea groups is 4. The Bertz CT molecular complexity index is 6060. The number of hydrogen-bond acceptors (Lipinski definition) is 8. The van der Waals surface area contributed by atoms with Gasteiger partial charge in [0.1, 0.15) is 12.6 Å². The molecule has 5 aliphatic rings. The van der Waals surface area contributed by atoms with Gasteiger partial charge in [0.05, 0.1) is 69.9 Å². The highest BCUT2D eigenvalue weighted by molar-refractivity contribution is 6.09. The quantitative estimate of drug-likeness (QED) is 0.157. The fraction of sp³-hybridized carbons (Fsp3) is 0.102. The summed E-state index contributed by atoms with van der Waals surface area (Å²) in [7, 11) is 0. The van der Waals surface area contributed by atoms with Crippen LogP contribution < -0.4 is 19.6 Å². The van der Waals surface area contributed by atoms with Gasteiger partial charge in [0, 0.05) is 104 Å². The first-order valence-corrected chi connectivity index (χ1v) is 35.3. The Morgan fingerprint density at radius 2 is 0.658 bits per heavy atom. The van der Waals surface area contributed by atoms with E-state index in [4.69, 9.17) is 6.42 Å². The number of piperazine rings is 2. The molecule has 13 rings (SSSR count). The molecular weight excluding hydrogens is 1410 g/mol. The lowest BCUT2D eigenvalue weighted by molar-refractivity contribution is 0.132. The fourth-order valence-corrected chi connectivity index (χ4v) is 12.0. The summed E-state index contributed by atoms with van der Waals surface area (Å²) in [6, 6.07) is 69.4. The van der Waals surface area contributed by atoms with Crippen molar-refractivity contribution in [2.45, 2.75) is 19.0 Å². The monoisotopic (exact) mass is 1470 g/mol. The second-order valence-electron chi connectivity index (χ2n) is 23.9. The predicted octanol–water partition coefficient (Wildman–Crippen LogP) is 14.8. The van der Waals surface area contributed by atoms with E-state index in [9.17, 15) is 24.4 Å². The molecule has 2 atom stereocenters. The van der Waals surface area contributed by atoms with Gasteiger partial charge in [-0.1, -0.05) is 176 Å². The summed E-state index contributed by atoms with van der Waals surface area (Å²) in [5.41, 5.74) is 10.5. The zero-order valence-corrected chi connectivity index (χ0v) is 61.3. The van der Waals surface area contributed by atoms with Crippen LogP contribution in [-0.2, 0) is 0 Å². The zero-order chi connectivity index (χ0) is 79.2. The van der Waals surface area contributed by atoms with Gasteiger partial charge in [-0.05, 0) is 202 Å². The maximum absolute atomic E-state index is 14.6. The van der Waals surface area contributed by atoms with Gasteiger partial charge >= 0.3 is 24.1 Å². The third-order valence-electron chi connectivity index (χ3n) is 17.0. The number of carbonyl (C=O) groups is 4. The van der Waals surface area contributed by atoms with E-state index in [0.717, 1.165) is 67.8 Å². The molecule has 0 aromatic heterocycles. The lowest BCUT2D eigenvalue weighted by atomic mass is 10.1. The Kier molecular flexibility index (Phi) is 28.2. The molecule has 16 nitrogen and oxygen atoms in total. The van der Waals surface area contributed by atoms with Crippen molar-refractivity contribution in [2.24, 2.45) is 15.4 Å². The molecule has 0 N–H and O–H groups in total. The molecule has 16 heteroatoms. The predicted molar refractivity (Wildman–Crippen MR) is 450 cm³/mol. The number of fused-ring (bicyclic) bond motifs is 4. The van der Waals surface area contributed by atoms with Gasteiger partial charge in [-0.15, -0.1) is 11.5 Å². The number of amides is 8. The third-order valence-corrected chi connectivity index (χ3v) is 17.0. The van der Waals surface area contributed by atoms with Gasteiger partial charge in [-0.25, -0.2) is 19.2 Å². The van der Waals surface area contributed by atoms with Crippen molar-refractivity contribution in [2.75, 3.05) is 65.4 Å². The topological polar surface area (TPSA) is 155 Å². The van der Waals surface area contributed by atoms with Crippen LogP contribution in [0, 0.1) is 189 Å². The third kappa shape index (κ3) is 20.7. The SMILES string of the molecule is C#CC#CC#CC#CC#CC#CC#CC#CC#CC#CC#CC#CC#CC#CC#CC.N#C[C@@H]1CN(C(=O)N(c2ccccc2)c2ccccc2)CCN1C(=O)N1c2ccccc2C=Cc2ccccc21.O=C(N1CCN(C(=O)N2c3ccccc3C=Cc3ccccc32)[C@H](C2=NN=NC2)C1)N(c1ccccc1)c1ccccc1. The minimum atomic E-state index is -0.811. The molecule has 2 fully saturated rings. The number of para-hydroxylation sites is 8. The molecule has 8 aromatic rings. The highest BCUT2D eigenvalue weighted by Crippen LogP contribution is 2.40. The summed E-state index contributed by atoms with van der Waals surface area (Å²) in [5, 5.41) is 22.4. The molecule has 5 heterocycles. The molecule has 0 spiro atoms. The number of anilines is 8. The summed E-state index contributed by atoms with van der Waals surface area (Å²) >= 11 is 0. The molecular formula is C98H60N12O4. The highest BCUT2D eigenvalue weighted by Gasteiger charge is 2.42. The number of terminal acetylenes is 1. The van der Waals surface area contributed by atoms with E-state index < -0.39 is 12.1 Å². The first-order chi connectivity index (χ1) is 56.3. The van der Waals surface area contributed by atoms with E-state index in [2.05, 4.69) is 193 Å². The molecule has 0 unspecified atom stereocenters. The number of rotatable bonds is 5. The molecule has 0 bridgehead atoms. The van der Waals surface area contributed by atoms with Crippen LogP contribution in [0.1, 0.15) is 29.2 Å². The van der Waals surface area contributed by atoms with Crippen LogP contribution in [0.25, 0.3) is 24.3 Å². The second kappa shape index (κ2) is 41.4. The van der Waals surface area contributed by atoms with Gasteiger partial charge in [-0.3, -0.25) is 19.6 Å². The summed E-state index contributed by atoms with van der Waals surface area (Å²) in [6.07, 6.45) is 13.0. The molecule has 536 valence electrons. The molecule has 0 radical (unpaired) electrons. The number of carbonyl (C=O) groups excluding carboxylic acids is 4. The van der Waals surface area contributed by atoms with Crippen molar-refractivity contribution in [3.63, 3.8) is 0 Å². The first kappa shape index (κ1) is 77.6. The maximum atomic E-state index is 14.6. The second-order valence-corrected chi connectivity index (χ2v) is 23.9. The van der Waals surface area contributed by atoms with Crippen LogP contribution in [0.15, 0.2) is 234 Å². The van der Waals surface area contributed by atoms with Crippen LogP contribution in [0.4, 0.5) is 64.7 Å². The largest absolute Gasteiger partial charge is 0.330 e. The number of nitriles is 1. The average molecular weight is 1470 g/mol. The van der Waals surface area contributed by atoms with Crippen LogP contribution in [0.5, 0.6) is 0 Å². The number of hydrogen-bond donors (Lipinski definition) is 0. The van der Waals surface area contributed by atoms with Gasteiger partial charge in [0.2, 0.25) is 0 Å². The molecule has 0 saturated carbocycles. The molecule has 114 heavy (non-hydrogen) atoms. The van der Waals surface area contributed by atoms with Crippen molar-refractivity contribution >= 4 is 99.6 Å². The summed E-state index contributed by atoms with van der Waals surface area (Å²) in [6.45, 7) is 3.55. The summed E-state index contributed by atoms with van der Waals surface area (Å²) in [4.78, 5) is 70.7. The Morgan fingerprint density at radius 3 is 0.965 bits per heavy atom. The van der Waals surface area contributed by atoms with Crippen LogP contribution in [0.2, 0.25) is 0 Å². The maximum Gasteiger partial charge on any atom is 0.330 e. The van der Waals surface area contributed by atoms with Crippen LogP contribution >= 0.6 is 0 Å². The van der Waals surface area contributed by atoms with E-state index in [1.165, 1.54) is 0 Å². The van der Waals surface area contributed by atoms with Crippen molar-refractivity contribution in [1.29, 1.82) is 5.26 Å². The Hall–Kier alpha value is -17.5. The Balaban J connectivity index is 0.000000172. The van der Waals surface area contributed by atoms with Crippen molar-refractivity contribution in [1.82, 2.24) is 19.6 Å². The average Bonchev–Trinajstić information content (AvgIpc) is 1.26. The molecule has 2 saturated heterocycles. The molecule has 8 amide bonds. The normalized spacial score (nSPS) is 13.1. The van der Waals surface area contributed by atoms with Gasteiger partial charge in [-0.2, -0.15) is 10.4 Å². The standard InChI is InChI=1S/C34H29N7O2.C33H27N5O2.C31H4/c42-33(40(27-13-3-1-4-14-27)28-15-5-2-6-16-28)38-21-22-39(32(24-38)29-23-35-37-36-29)34(43)41-30-17-9-7-11-25(30)19-20-26-12-8-10-18-31(26)41;34-23-29-24-35(32(39)37(27-13-3-1-4-14-27)28-15-5-2-6-16-28)21-22-36(29)33(40)38-30-17-9-7-11-25(30)19-20-26-12-8-10-18-31(26)38;1-3-5-7-9-11-13-15-17-19-21-23-25-27-29-31-30-28-26-24-22-20-18-16-14-12-10-8-6-4-2/h1-20,32H,21-24H2;1-20,29H,21-22,24H2;1H,2H3/t32-;29-;/m01./s1. The van der Waals surface area contributed by atoms with Crippen molar-refractivity contribution < 1.29 is 19.2 Å². The lowest BCUT2D eigenvalue weighted by Crippen LogP contribution is -2.62. The van der Waals surface area contributed by atoms with E-state index in [-0.39, 0.29) is 50.3 Å². The van der Waals surface area contributed by atoms with Crippen LogP contribution in [-0.4, -0.2) is 107 Å². The number of benzene rings is 8. The minimum Gasteiger partial charge on any atom is -0.320 e. The lowest BCUT2D eigenvalue weighted by Gasteiger charge is -2.44. The Labute approximate surface area is 664 Å². The Morgan fingerprint density at radius 1 is 0.368 bits per heavy atom. The van der Waals surface area contributed by atoms with E-state index in [1.54, 1.807) is 41.2 Å².